The average molecular weight is 390 g/mol. The van der Waals surface area contributed by atoms with Crippen molar-refractivity contribution in [3.8, 4) is 5.75 Å². The minimum Gasteiger partial charge on any atom is -0.495 e. The SMILES string of the molecule is COc1cc(C)c(C)cc1S(=O)(=O)Nc1ccc(N2CCC(C)CC2)nc1. The highest BCUT2D eigenvalue weighted by molar-refractivity contribution is 7.92. The summed E-state index contributed by atoms with van der Waals surface area (Å²) >= 11 is 0. The Labute approximate surface area is 161 Å². The van der Waals surface area contributed by atoms with Gasteiger partial charge >= 0.3 is 0 Å². The van der Waals surface area contributed by atoms with E-state index in [9.17, 15) is 8.42 Å². The molecular formula is C20H27N3O3S. The van der Waals surface area contributed by atoms with Gasteiger partial charge in [-0.1, -0.05) is 6.92 Å². The van der Waals surface area contributed by atoms with Gasteiger partial charge in [0.25, 0.3) is 10.0 Å². The van der Waals surface area contributed by atoms with Gasteiger partial charge in [-0.3, -0.25) is 4.72 Å². The van der Waals surface area contributed by atoms with E-state index in [1.807, 2.05) is 19.9 Å². The maximum absolute atomic E-state index is 12.8. The molecule has 0 aliphatic carbocycles. The van der Waals surface area contributed by atoms with E-state index in [0.717, 1.165) is 48.8 Å². The number of ether oxygens (including phenoxy) is 1. The topological polar surface area (TPSA) is 71.5 Å². The molecule has 0 saturated carbocycles. The summed E-state index contributed by atoms with van der Waals surface area (Å²) in [4.78, 5) is 6.81. The third-order valence-corrected chi connectivity index (χ3v) is 6.58. The summed E-state index contributed by atoms with van der Waals surface area (Å²) in [7, 11) is -2.30. The highest BCUT2D eigenvalue weighted by atomic mass is 32.2. The second-order valence-corrected chi connectivity index (χ2v) is 8.92. The molecule has 1 aliphatic heterocycles. The van der Waals surface area contributed by atoms with Crippen LogP contribution in [-0.2, 0) is 10.0 Å². The van der Waals surface area contributed by atoms with E-state index in [1.165, 1.54) is 7.11 Å². The van der Waals surface area contributed by atoms with E-state index in [-0.39, 0.29) is 4.90 Å². The Bertz CT molecular complexity index is 903. The van der Waals surface area contributed by atoms with Crippen LogP contribution >= 0.6 is 0 Å². The van der Waals surface area contributed by atoms with Gasteiger partial charge in [-0.25, -0.2) is 13.4 Å². The molecule has 2 aromatic rings. The van der Waals surface area contributed by atoms with Gasteiger partial charge in [0.1, 0.15) is 16.5 Å². The molecule has 146 valence electrons. The van der Waals surface area contributed by atoms with E-state index < -0.39 is 10.0 Å². The third kappa shape index (κ3) is 4.35. The van der Waals surface area contributed by atoms with Crippen LogP contribution in [0.4, 0.5) is 11.5 Å². The van der Waals surface area contributed by atoms with Crippen LogP contribution in [0.2, 0.25) is 0 Å². The van der Waals surface area contributed by atoms with Crippen molar-refractivity contribution in [2.75, 3.05) is 29.8 Å². The van der Waals surface area contributed by atoms with Crippen molar-refractivity contribution in [1.82, 2.24) is 4.98 Å². The first-order valence-corrected chi connectivity index (χ1v) is 10.7. The van der Waals surface area contributed by atoms with Crippen LogP contribution in [0.15, 0.2) is 35.4 Å². The molecule has 0 atom stereocenters. The normalized spacial score (nSPS) is 15.6. The molecule has 6 nitrogen and oxygen atoms in total. The fourth-order valence-electron chi connectivity index (χ4n) is 3.21. The van der Waals surface area contributed by atoms with E-state index >= 15 is 0 Å². The van der Waals surface area contributed by atoms with Gasteiger partial charge in [-0.05, 0) is 68.0 Å². The van der Waals surface area contributed by atoms with E-state index in [2.05, 4.69) is 21.5 Å². The molecule has 1 N–H and O–H groups in total. The number of methoxy groups -OCH3 is 1. The number of piperidine rings is 1. The number of hydrogen-bond acceptors (Lipinski definition) is 5. The fourth-order valence-corrected chi connectivity index (χ4v) is 4.49. The first-order valence-electron chi connectivity index (χ1n) is 9.19. The van der Waals surface area contributed by atoms with Gasteiger partial charge in [-0.2, -0.15) is 0 Å². The summed E-state index contributed by atoms with van der Waals surface area (Å²) in [6.07, 6.45) is 3.88. The van der Waals surface area contributed by atoms with Crippen LogP contribution in [0.5, 0.6) is 5.75 Å². The molecule has 3 rings (SSSR count). The number of aryl methyl sites for hydroxylation is 2. The Morgan fingerprint density at radius 2 is 1.81 bits per heavy atom. The molecule has 2 heterocycles. The van der Waals surface area contributed by atoms with E-state index in [1.54, 1.807) is 24.4 Å². The lowest BCUT2D eigenvalue weighted by Gasteiger charge is -2.31. The van der Waals surface area contributed by atoms with Crippen molar-refractivity contribution in [3.05, 3.63) is 41.6 Å². The molecule has 1 aromatic carbocycles. The first-order chi connectivity index (χ1) is 12.8. The zero-order valence-electron chi connectivity index (χ0n) is 16.3. The highest BCUT2D eigenvalue weighted by Gasteiger charge is 2.22. The number of pyridine rings is 1. The van der Waals surface area contributed by atoms with Crippen molar-refractivity contribution in [1.29, 1.82) is 0 Å². The lowest BCUT2D eigenvalue weighted by Crippen LogP contribution is -2.33. The van der Waals surface area contributed by atoms with Crippen LogP contribution in [0, 0.1) is 19.8 Å². The number of hydrogen-bond donors (Lipinski definition) is 1. The number of benzene rings is 1. The minimum absolute atomic E-state index is 0.127. The lowest BCUT2D eigenvalue weighted by atomic mass is 9.99. The quantitative estimate of drug-likeness (QED) is 0.843. The molecule has 1 aromatic heterocycles. The molecule has 0 bridgehead atoms. The van der Waals surface area contributed by atoms with Gasteiger partial charge in [0.2, 0.25) is 0 Å². The number of nitrogens with zero attached hydrogens (tertiary/aromatic N) is 2. The summed E-state index contributed by atoms with van der Waals surface area (Å²) in [6, 6.07) is 6.99. The first kappa shape index (κ1) is 19.5. The maximum Gasteiger partial charge on any atom is 0.265 e. The van der Waals surface area contributed by atoms with E-state index in [0.29, 0.717) is 11.4 Å². The van der Waals surface area contributed by atoms with Crippen molar-refractivity contribution in [3.63, 3.8) is 0 Å². The van der Waals surface area contributed by atoms with E-state index in [4.69, 9.17) is 4.74 Å². The van der Waals surface area contributed by atoms with Crippen LogP contribution < -0.4 is 14.4 Å². The highest BCUT2D eigenvalue weighted by Crippen LogP contribution is 2.29. The maximum atomic E-state index is 12.8. The minimum atomic E-state index is -3.77. The van der Waals surface area contributed by atoms with Gasteiger partial charge < -0.3 is 9.64 Å². The Kier molecular flexibility index (Phi) is 5.60. The summed E-state index contributed by atoms with van der Waals surface area (Å²) in [5, 5.41) is 0. The number of rotatable bonds is 5. The molecule has 0 unspecified atom stereocenters. The van der Waals surface area contributed by atoms with Crippen molar-refractivity contribution >= 4 is 21.5 Å². The summed E-state index contributed by atoms with van der Waals surface area (Å²) in [5.74, 6) is 1.96. The van der Waals surface area contributed by atoms with Crippen LogP contribution in [-0.4, -0.2) is 33.6 Å². The standard InChI is InChI=1S/C20H27N3O3S/c1-14-7-9-23(10-8-14)20-6-5-17(13-21-20)22-27(24,25)19-12-16(3)15(2)11-18(19)26-4/h5-6,11-14,22H,7-10H2,1-4H3. The molecule has 1 fully saturated rings. The number of aromatic nitrogens is 1. The van der Waals surface area contributed by atoms with Gasteiger partial charge in [0, 0.05) is 13.1 Å². The third-order valence-electron chi connectivity index (χ3n) is 5.18. The molecule has 7 heteroatoms. The summed E-state index contributed by atoms with van der Waals surface area (Å²) in [6.45, 7) is 8.04. The lowest BCUT2D eigenvalue weighted by molar-refractivity contribution is 0.402. The Morgan fingerprint density at radius 3 is 2.41 bits per heavy atom. The largest absolute Gasteiger partial charge is 0.495 e. The predicted octanol–water partition coefficient (Wildman–Crippen LogP) is 3.74. The molecule has 27 heavy (non-hydrogen) atoms. The molecular weight excluding hydrogens is 362 g/mol. The van der Waals surface area contributed by atoms with Crippen LogP contribution in [0.25, 0.3) is 0 Å². The molecule has 0 spiro atoms. The van der Waals surface area contributed by atoms with Gasteiger partial charge in [0.05, 0.1) is 19.0 Å². The molecule has 0 amide bonds. The van der Waals surface area contributed by atoms with Crippen LogP contribution in [0.1, 0.15) is 30.9 Å². The van der Waals surface area contributed by atoms with Crippen molar-refractivity contribution in [2.45, 2.75) is 38.5 Å². The van der Waals surface area contributed by atoms with Crippen molar-refractivity contribution in [2.24, 2.45) is 5.92 Å². The predicted molar refractivity (Wildman–Crippen MR) is 108 cm³/mol. The monoisotopic (exact) mass is 389 g/mol. The van der Waals surface area contributed by atoms with Gasteiger partial charge in [-0.15, -0.1) is 0 Å². The van der Waals surface area contributed by atoms with Crippen LogP contribution in [0.3, 0.4) is 0 Å². The Morgan fingerprint density at radius 1 is 1.15 bits per heavy atom. The van der Waals surface area contributed by atoms with Gasteiger partial charge in [0.15, 0.2) is 0 Å². The zero-order chi connectivity index (χ0) is 19.6. The average Bonchev–Trinajstić information content (AvgIpc) is 2.64. The molecule has 1 saturated heterocycles. The molecule has 1 aliphatic rings. The summed E-state index contributed by atoms with van der Waals surface area (Å²) in [5.41, 5.74) is 2.31. The Hall–Kier alpha value is -2.28. The second kappa shape index (κ2) is 7.76. The number of nitrogens with one attached hydrogen (secondary N) is 1. The summed E-state index contributed by atoms with van der Waals surface area (Å²) < 4.78 is 33.6. The fraction of sp³-hybridized carbons (Fsp3) is 0.450. The zero-order valence-corrected chi connectivity index (χ0v) is 17.1. The smallest absolute Gasteiger partial charge is 0.265 e. The Balaban J connectivity index is 1.79. The molecule has 0 radical (unpaired) electrons. The van der Waals surface area contributed by atoms with Crippen molar-refractivity contribution < 1.29 is 13.2 Å². The second-order valence-electron chi connectivity index (χ2n) is 7.27. The number of anilines is 2. The number of sulfonamides is 1.